The zero-order chi connectivity index (χ0) is 30.7. The van der Waals surface area contributed by atoms with Gasteiger partial charge in [0.15, 0.2) is 5.69 Å². The van der Waals surface area contributed by atoms with Crippen LogP contribution in [0, 0.1) is 19.8 Å². The molecule has 5 rings (SSSR count). The second-order valence-electron chi connectivity index (χ2n) is 11.8. The van der Waals surface area contributed by atoms with Crippen LogP contribution in [0.4, 0.5) is 16.4 Å². The molecule has 1 saturated heterocycles. The van der Waals surface area contributed by atoms with Crippen molar-refractivity contribution in [3.05, 3.63) is 65.2 Å². The molecule has 1 aliphatic rings. The van der Waals surface area contributed by atoms with E-state index in [0.29, 0.717) is 48.1 Å². The van der Waals surface area contributed by atoms with E-state index in [1.54, 1.807) is 11.0 Å². The molecule has 226 valence electrons. The summed E-state index contributed by atoms with van der Waals surface area (Å²) in [7, 11) is 0. The molecule has 0 atom stereocenters. The molecule has 4 N–H and O–H groups in total. The summed E-state index contributed by atoms with van der Waals surface area (Å²) in [5.74, 6) is 0.156. The van der Waals surface area contributed by atoms with Gasteiger partial charge in [0, 0.05) is 24.8 Å². The molecule has 2 aromatic carbocycles. The number of aromatic amines is 2. The van der Waals surface area contributed by atoms with E-state index in [2.05, 4.69) is 30.6 Å². The summed E-state index contributed by atoms with van der Waals surface area (Å²) in [4.78, 5) is 54.3. The van der Waals surface area contributed by atoms with E-state index < -0.39 is 17.4 Å². The number of carbonyl (C=O) groups excluding carboxylic acids is 3. The molecule has 2 aromatic heterocycles. The van der Waals surface area contributed by atoms with Gasteiger partial charge in [-0.1, -0.05) is 17.7 Å². The van der Waals surface area contributed by atoms with Crippen molar-refractivity contribution in [3.8, 4) is 5.75 Å². The van der Waals surface area contributed by atoms with Crippen LogP contribution in [-0.4, -0.2) is 68.0 Å². The lowest BCUT2D eigenvalue weighted by Gasteiger charge is -2.33. The number of aryl methyl sites for hydroxylation is 2. The van der Waals surface area contributed by atoms with Crippen molar-refractivity contribution in [3.63, 3.8) is 0 Å². The molecule has 12 nitrogen and oxygen atoms in total. The standard InChI is InChI=1S/C31H37N7O5/c1-18-6-8-22(19(2)14-18)34-27(39)25-26(33-17-32-25)28(40)37-29-35-23-9-7-21(15-24(23)36-29)42-16-20-10-12-38(13-11-20)30(41)43-31(3,4)5/h6-9,14-15,17,20H,10-13,16H2,1-5H3,(H,32,33)(H,34,39)(H2,35,36,37,40). The van der Waals surface area contributed by atoms with Gasteiger partial charge in [0.2, 0.25) is 5.95 Å². The number of nitrogens with zero attached hydrogens (tertiary/aromatic N) is 3. The second-order valence-corrected chi connectivity index (χ2v) is 11.8. The second kappa shape index (κ2) is 12.2. The Morgan fingerprint density at radius 3 is 2.51 bits per heavy atom. The Morgan fingerprint density at radius 2 is 1.79 bits per heavy atom. The number of ether oxygens (including phenoxy) is 2. The van der Waals surface area contributed by atoms with E-state index in [0.717, 1.165) is 24.0 Å². The number of imidazole rings is 2. The third kappa shape index (κ3) is 7.32. The monoisotopic (exact) mass is 587 g/mol. The van der Waals surface area contributed by atoms with E-state index in [4.69, 9.17) is 9.47 Å². The molecule has 1 aliphatic heterocycles. The number of aromatic nitrogens is 4. The number of likely N-dealkylation sites (tertiary alicyclic amines) is 1. The Labute approximate surface area is 249 Å². The van der Waals surface area contributed by atoms with Crippen molar-refractivity contribution in [2.45, 2.75) is 53.1 Å². The normalized spacial score (nSPS) is 14.0. The zero-order valence-corrected chi connectivity index (χ0v) is 25.0. The maximum atomic E-state index is 13.0. The summed E-state index contributed by atoms with van der Waals surface area (Å²) in [6.45, 7) is 11.3. The highest BCUT2D eigenvalue weighted by molar-refractivity contribution is 6.13. The molecule has 1 fully saturated rings. The number of hydrogen-bond acceptors (Lipinski definition) is 7. The van der Waals surface area contributed by atoms with Crippen LogP contribution in [0.3, 0.4) is 0 Å². The molecule has 3 amide bonds. The van der Waals surface area contributed by atoms with Gasteiger partial charge < -0.3 is 29.7 Å². The summed E-state index contributed by atoms with van der Waals surface area (Å²) in [6, 6.07) is 11.1. The molecule has 0 bridgehead atoms. The Bertz CT molecular complexity index is 1640. The van der Waals surface area contributed by atoms with Crippen LogP contribution in [0.1, 0.15) is 65.7 Å². The van der Waals surface area contributed by atoms with E-state index in [9.17, 15) is 14.4 Å². The highest BCUT2D eigenvalue weighted by atomic mass is 16.6. The summed E-state index contributed by atoms with van der Waals surface area (Å²) < 4.78 is 11.5. The number of rotatable bonds is 7. The first-order chi connectivity index (χ1) is 20.4. The first kappa shape index (κ1) is 29.6. The fraction of sp³-hybridized carbons (Fsp3) is 0.387. The topological polar surface area (TPSA) is 154 Å². The molecule has 0 spiro atoms. The molecule has 0 radical (unpaired) electrons. The number of benzene rings is 2. The van der Waals surface area contributed by atoms with Gasteiger partial charge in [0.25, 0.3) is 11.8 Å². The van der Waals surface area contributed by atoms with Crippen molar-refractivity contribution in [2.75, 3.05) is 30.3 Å². The van der Waals surface area contributed by atoms with Gasteiger partial charge in [0.1, 0.15) is 17.0 Å². The molecule has 0 unspecified atom stereocenters. The van der Waals surface area contributed by atoms with Crippen molar-refractivity contribution >= 4 is 40.6 Å². The van der Waals surface area contributed by atoms with Gasteiger partial charge in [-0.2, -0.15) is 0 Å². The maximum Gasteiger partial charge on any atom is 0.410 e. The minimum atomic E-state index is -0.559. The number of fused-ring (bicyclic) bond motifs is 1. The molecule has 0 saturated carbocycles. The van der Waals surface area contributed by atoms with E-state index in [-0.39, 0.29) is 23.4 Å². The van der Waals surface area contributed by atoms with Crippen LogP contribution >= 0.6 is 0 Å². The molecule has 0 aliphatic carbocycles. The Balaban J connectivity index is 1.16. The average Bonchev–Trinajstić information content (AvgIpc) is 3.59. The Morgan fingerprint density at radius 1 is 1.02 bits per heavy atom. The largest absolute Gasteiger partial charge is 0.493 e. The third-order valence-electron chi connectivity index (χ3n) is 7.15. The fourth-order valence-electron chi connectivity index (χ4n) is 4.91. The zero-order valence-electron chi connectivity index (χ0n) is 25.0. The van der Waals surface area contributed by atoms with E-state index in [1.165, 1.54) is 6.33 Å². The van der Waals surface area contributed by atoms with Gasteiger partial charge in [-0.3, -0.25) is 14.9 Å². The molecule has 12 heteroatoms. The fourth-order valence-corrected chi connectivity index (χ4v) is 4.91. The van der Waals surface area contributed by atoms with Crippen LogP contribution in [0.15, 0.2) is 42.7 Å². The quantitative estimate of drug-likeness (QED) is 0.225. The lowest BCUT2D eigenvalue weighted by molar-refractivity contribution is 0.0164. The maximum absolute atomic E-state index is 13.0. The highest BCUT2D eigenvalue weighted by Gasteiger charge is 2.27. The number of carbonyl (C=O) groups is 3. The van der Waals surface area contributed by atoms with Gasteiger partial charge in [-0.05, 0) is 77.1 Å². The number of piperidine rings is 1. The Hall–Kier alpha value is -4.87. The van der Waals surface area contributed by atoms with Crippen LogP contribution in [-0.2, 0) is 4.74 Å². The number of nitrogens with one attached hydrogen (secondary N) is 4. The van der Waals surface area contributed by atoms with Crippen LogP contribution in [0.25, 0.3) is 11.0 Å². The van der Waals surface area contributed by atoms with Crippen LogP contribution < -0.4 is 15.4 Å². The van der Waals surface area contributed by atoms with Crippen LogP contribution in [0.5, 0.6) is 5.75 Å². The SMILES string of the molecule is Cc1ccc(NC(=O)c2nc[nH]c2C(=O)Nc2nc3ccc(OCC4CCN(C(=O)OC(C)(C)C)CC4)cc3[nH]2)c(C)c1. The molecule has 43 heavy (non-hydrogen) atoms. The number of H-pyrrole nitrogens is 2. The predicted molar refractivity (Wildman–Crippen MR) is 163 cm³/mol. The molecular formula is C31H37N7O5. The highest BCUT2D eigenvalue weighted by Crippen LogP contribution is 2.25. The summed E-state index contributed by atoms with van der Waals surface area (Å²) in [6.07, 6.45) is 2.69. The van der Waals surface area contributed by atoms with Gasteiger partial charge in [0.05, 0.1) is 24.0 Å². The molecule has 4 aromatic rings. The lowest BCUT2D eigenvalue weighted by atomic mass is 9.98. The van der Waals surface area contributed by atoms with Crippen molar-refractivity contribution in [1.29, 1.82) is 0 Å². The summed E-state index contributed by atoms with van der Waals surface area (Å²) >= 11 is 0. The number of hydrogen-bond donors (Lipinski definition) is 4. The summed E-state index contributed by atoms with van der Waals surface area (Å²) in [5.41, 5.74) is 3.44. The first-order valence-electron chi connectivity index (χ1n) is 14.3. The van der Waals surface area contributed by atoms with Crippen molar-refractivity contribution in [2.24, 2.45) is 5.92 Å². The van der Waals surface area contributed by atoms with Crippen LogP contribution in [0.2, 0.25) is 0 Å². The lowest BCUT2D eigenvalue weighted by Crippen LogP contribution is -2.42. The minimum absolute atomic E-state index is 0.0180. The van der Waals surface area contributed by atoms with Gasteiger partial charge >= 0.3 is 6.09 Å². The van der Waals surface area contributed by atoms with E-state index in [1.807, 2.05) is 65.0 Å². The minimum Gasteiger partial charge on any atom is -0.493 e. The smallest absolute Gasteiger partial charge is 0.410 e. The van der Waals surface area contributed by atoms with Gasteiger partial charge in [-0.15, -0.1) is 0 Å². The third-order valence-corrected chi connectivity index (χ3v) is 7.15. The van der Waals surface area contributed by atoms with Crippen molar-refractivity contribution in [1.82, 2.24) is 24.8 Å². The molecule has 3 heterocycles. The predicted octanol–water partition coefficient (Wildman–Crippen LogP) is 5.43. The van der Waals surface area contributed by atoms with E-state index >= 15 is 0 Å². The number of anilines is 2. The van der Waals surface area contributed by atoms with Gasteiger partial charge in [-0.25, -0.2) is 14.8 Å². The average molecular weight is 588 g/mol. The summed E-state index contributed by atoms with van der Waals surface area (Å²) in [5, 5.41) is 5.52. The first-order valence-corrected chi connectivity index (χ1v) is 14.3. The van der Waals surface area contributed by atoms with Crippen molar-refractivity contribution < 1.29 is 23.9 Å². The molecular weight excluding hydrogens is 550 g/mol. The Kier molecular flexibility index (Phi) is 8.38. The number of amides is 3.